The van der Waals surface area contributed by atoms with E-state index in [-0.39, 0.29) is 24.7 Å². The summed E-state index contributed by atoms with van der Waals surface area (Å²) in [6.45, 7) is 0.889. The van der Waals surface area contributed by atoms with Gasteiger partial charge in [0.25, 0.3) is 0 Å². The van der Waals surface area contributed by atoms with Gasteiger partial charge >= 0.3 is 0 Å². The summed E-state index contributed by atoms with van der Waals surface area (Å²) in [6, 6.07) is 7.34. The Labute approximate surface area is 129 Å². The Hall–Kier alpha value is -2.76. The molecule has 2 heterocycles. The number of pyridine rings is 2. The van der Waals surface area contributed by atoms with E-state index in [0.717, 1.165) is 11.1 Å². The number of nitrogens with one attached hydrogen (secondary N) is 2. The molecule has 0 aromatic carbocycles. The van der Waals surface area contributed by atoms with E-state index in [4.69, 9.17) is 0 Å². The summed E-state index contributed by atoms with van der Waals surface area (Å²) >= 11 is 0. The third kappa shape index (κ3) is 5.70. The van der Waals surface area contributed by atoms with Crippen LogP contribution in [0.4, 0.5) is 0 Å². The Morgan fingerprint density at radius 1 is 0.727 bits per heavy atom. The van der Waals surface area contributed by atoms with Crippen molar-refractivity contribution >= 4 is 11.8 Å². The van der Waals surface area contributed by atoms with Crippen molar-refractivity contribution in [1.82, 2.24) is 20.6 Å². The highest BCUT2D eigenvalue weighted by molar-refractivity contribution is 5.83. The van der Waals surface area contributed by atoms with Gasteiger partial charge in [0, 0.05) is 50.7 Å². The van der Waals surface area contributed by atoms with Crippen molar-refractivity contribution in [2.45, 2.75) is 25.9 Å². The molecule has 0 aliphatic rings. The fourth-order valence-electron chi connectivity index (χ4n) is 1.81. The predicted octanol–water partition coefficient (Wildman–Crippen LogP) is 1.19. The van der Waals surface area contributed by atoms with Crippen LogP contribution in [0.1, 0.15) is 24.0 Å². The molecule has 0 bridgehead atoms. The summed E-state index contributed by atoms with van der Waals surface area (Å²) in [6.07, 6.45) is 7.05. The first kappa shape index (κ1) is 15.6. The van der Waals surface area contributed by atoms with Crippen molar-refractivity contribution in [2.24, 2.45) is 0 Å². The second-order valence-corrected chi connectivity index (χ2v) is 4.76. The van der Waals surface area contributed by atoms with Crippen LogP contribution in [0.3, 0.4) is 0 Å². The van der Waals surface area contributed by atoms with Crippen LogP contribution in [0.5, 0.6) is 0 Å². The number of amides is 2. The number of carbonyl (C=O) groups excluding carboxylic acids is 2. The van der Waals surface area contributed by atoms with E-state index in [1.165, 1.54) is 0 Å². The zero-order valence-corrected chi connectivity index (χ0v) is 12.2. The van der Waals surface area contributed by atoms with Gasteiger partial charge in [0.05, 0.1) is 0 Å². The summed E-state index contributed by atoms with van der Waals surface area (Å²) in [7, 11) is 0. The monoisotopic (exact) mass is 298 g/mol. The van der Waals surface area contributed by atoms with E-state index >= 15 is 0 Å². The number of aromatic nitrogens is 2. The van der Waals surface area contributed by atoms with Crippen LogP contribution in [0.15, 0.2) is 49.1 Å². The third-order valence-corrected chi connectivity index (χ3v) is 3.06. The van der Waals surface area contributed by atoms with E-state index in [1.807, 2.05) is 24.3 Å². The molecule has 2 aromatic rings. The molecule has 0 saturated carbocycles. The molecule has 2 rings (SSSR count). The second kappa shape index (κ2) is 8.51. The topological polar surface area (TPSA) is 84.0 Å². The van der Waals surface area contributed by atoms with Gasteiger partial charge in [0.15, 0.2) is 0 Å². The summed E-state index contributed by atoms with van der Waals surface area (Å²) in [5, 5.41) is 5.55. The molecule has 22 heavy (non-hydrogen) atoms. The van der Waals surface area contributed by atoms with Crippen LogP contribution in [0, 0.1) is 0 Å². The van der Waals surface area contributed by atoms with Crippen LogP contribution in [-0.2, 0) is 22.7 Å². The average Bonchev–Trinajstić information content (AvgIpc) is 2.58. The number of hydrogen-bond acceptors (Lipinski definition) is 4. The van der Waals surface area contributed by atoms with Gasteiger partial charge in [-0.3, -0.25) is 19.6 Å². The highest BCUT2D eigenvalue weighted by Gasteiger charge is 2.06. The Bertz CT molecular complexity index is 547. The van der Waals surface area contributed by atoms with Gasteiger partial charge in [-0.2, -0.15) is 0 Å². The van der Waals surface area contributed by atoms with Crippen LogP contribution < -0.4 is 10.6 Å². The average molecular weight is 298 g/mol. The lowest BCUT2D eigenvalue weighted by Gasteiger charge is -2.06. The van der Waals surface area contributed by atoms with E-state index in [9.17, 15) is 9.59 Å². The minimum absolute atomic E-state index is 0.143. The van der Waals surface area contributed by atoms with Crippen molar-refractivity contribution in [3.05, 3.63) is 60.2 Å². The molecule has 2 aromatic heterocycles. The molecule has 114 valence electrons. The molecule has 0 atom stereocenters. The van der Waals surface area contributed by atoms with Gasteiger partial charge < -0.3 is 10.6 Å². The van der Waals surface area contributed by atoms with Crippen molar-refractivity contribution in [3.8, 4) is 0 Å². The molecule has 2 amide bonds. The lowest BCUT2D eigenvalue weighted by molar-refractivity contribution is -0.126. The quantitative estimate of drug-likeness (QED) is 0.804. The molecule has 0 aliphatic carbocycles. The first-order valence-corrected chi connectivity index (χ1v) is 7.05. The maximum absolute atomic E-state index is 11.7. The van der Waals surface area contributed by atoms with E-state index in [1.54, 1.807) is 24.8 Å². The zero-order valence-electron chi connectivity index (χ0n) is 12.2. The van der Waals surface area contributed by atoms with E-state index in [0.29, 0.717) is 13.1 Å². The standard InChI is InChI=1S/C16H18N4O2/c21-15(19-11-13-3-7-17-8-4-13)1-2-16(22)20-12-14-5-9-18-10-6-14/h3-10H,1-2,11-12H2,(H,19,21)(H,20,22). The SMILES string of the molecule is O=C(CCC(=O)NCc1ccncc1)NCc1ccncc1. The van der Waals surface area contributed by atoms with Gasteiger partial charge in [0.2, 0.25) is 11.8 Å². The molecule has 0 aliphatic heterocycles. The van der Waals surface area contributed by atoms with Crippen LogP contribution >= 0.6 is 0 Å². The molecule has 6 nitrogen and oxygen atoms in total. The Kier molecular flexibility index (Phi) is 6.04. The minimum atomic E-state index is -0.143. The molecular formula is C16H18N4O2. The van der Waals surface area contributed by atoms with Crippen LogP contribution in [0.2, 0.25) is 0 Å². The number of hydrogen-bond donors (Lipinski definition) is 2. The summed E-state index contributed by atoms with van der Waals surface area (Å²) in [4.78, 5) is 31.2. The fourth-order valence-corrected chi connectivity index (χ4v) is 1.81. The van der Waals surface area contributed by atoms with Gasteiger partial charge in [-0.15, -0.1) is 0 Å². The lowest BCUT2D eigenvalue weighted by Crippen LogP contribution is -2.27. The summed E-state index contributed by atoms with van der Waals surface area (Å²) in [5.41, 5.74) is 1.95. The highest BCUT2D eigenvalue weighted by atomic mass is 16.2. The van der Waals surface area contributed by atoms with Crippen LogP contribution in [-0.4, -0.2) is 21.8 Å². The third-order valence-electron chi connectivity index (χ3n) is 3.06. The highest BCUT2D eigenvalue weighted by Crippen LogP contribution is 1.98. The summed E-state index contributed by atoms with van der Waals surface area (Å²) < 4.78 is 0. The Balaban J connectivity index is 1.62. The normalized spacial score (nSPS) is 10.0. The van der Waals surface area contributed by atoms with Gasteiger partial charge in [-0.25, -0.2) is 0 Å². The second-order valence-electron chi connectivity index (χ2n) is 4.76. The van der Waals surface area contributed by atoms with Crippen molar-refractivity contribution in [2.75, 3.05) is 0 Å². The van der Waals surface area contributed by atoms with E-state index < -0.39 is 0 Å². The summed E-state index contributed by atoms with van der Waals surface area (Å²) in [5.74, 6) is -0.285. The Morgan fingerprint density at radius 3 is 1.45 bits per heavy atom. The molecule has 0 fully saturated rings. The maximum Gasteiger partial charge on any atom is 0.220 e. The van der Waals surface area contributed by atoms with Gasteiger partial charge in [-0.1, -0.05) is 0 Å². The molecule has 0 radical (unpaired) electrons. The smallest absolute Gasteiger partial charge is 0.220 e. The fraction of sp³-hybridized carbons (Fsp3) is 0.250. The van der Waals surface area contributed by atoms with Crippen molar-refractivity contribution < 1.29 is 9.59 Å². The van der Waals surface area contributed by atoms with Gasteiger partial charge in [0.1, 0.15) is 0 Å². The first-order valence-electron chi connectivity index (χ1n) is 7.05. The zero-order chi connectivity index (χ0) is 15.6. The number of rotatable bonds is 7. The molecule has 6 heteroatoms. The van der Waals surface area contributed by atoms with Gasteiger partial charge in [-0.05, 0) is 35.4 Å². The lowest BCUT2D eigenvalue weighted by atomic mass is 10.2. The number of carbonyl (C=O) groups is 2. The minimum Gasteiger partial charge on any atom is -0.352 e. The van der Waals surface area contributed by atoms with Crippen molar-refractivity contribution in [1.29, 1.82) is 0 Å². The Morgan fingerprint density at radius 2 is 1.09 bits per heavy atom. The first-order chi connectivity index (χ1) is 10.7. The molecule has 2 N–H and O–H groups in total. The number of nitrogens with zero attached hydrogens (tertiary/aromatic N) is 2. The molecule has 0 saturated heterocycles. The van der Waals surface area contributed by atoms with Crippen molar-refractivity contribution in [3.63, 3.8) is 0 Å². The largest absolute Gasteiger partial charge is 0.352 e. The van der Waals surface area contributed by atoms with E-state index in [2.05, 4.69) is 20.6 Å². The van der Waals surface area contributed by atoms with Crippen LogP contribution in [0.25, 0.3) is 0 Å². The molecule has 0 spiro atoms. The molecule has 0 unspecified atom stereocenters. The maximum atomic E-state index is 11.7. The predicted molar refractivity (Wildman–Crippen MR) is 81.4 cm³/mol. The molecular weight excluding hydrogens is 280 g/mol.